The highest BCUT2D eigenvalue weighted by molar-refractivity contribution is 9.10. The van der Waals surface area contributed by atoms with Crippen molar-refractivity contribution in [2.45, 2.75) is 13.3 Å². The molecule has 0 fully saturated rings. The molecule has 6 nitrogen and oxygen atoms in total. The quantitative estimate of drug-likeness (QED) is 0.765. The van der Waals surface area contributed by atoms with Crippen LogP contribution in [-0.2, 0) is 9.59 Å². The van der Waals surface area contributed by atoms with Gasteiger partial charge >= 0.3 is 5.97 Å². The summed E-state index contributed by atoms with van der Waals surface area (Å²) in [5, 5.41) is 14.0. The molecule has 1 aromatic carbocycles. The lowest BCUT2D eigenvalue weighted by atomic mass is 10.2. The molecule has 7 heteroatoms. The van der Waals surface area contributed by atoms with Gasteiger partial charge in [0, 0.05) is 30.0 Å². The Bertz CT molecular complexity index is 516. The van der Waals surface area contributed by atoms with Gasteiger partial charge in [0.15, 0.2) is 0 Å². The molecule has 0 spiro atoms. The van der Waals surface area contributed by atoms with Gasteiger partial charge in [-0.05, 0) is 34.1 Å². The van der Waals surface area contributed by atoms with Crippen LogP contribution in [0.5, 0.6) is 0 Å². The van der Waals surface area contributed by atoms with E-state index in [-0.39, 0.29) is 30.3 Å². The van der Waals surface area contributed by atoms with Gasteiger partial charge in [-0.1, -0.05) is 0 Å². The number of benzene rings is 1. The zero-order valence-corrected chi connectivity index (χ0v) is 11.8. The summed E-state index contributed by atoms with van der Waals surface area (Å²) >= 11 is 3.11. The van der Waals surface area contributed by atoms with Crippen LogP contribution < -0.4 is 10.6 Å². The molecule has 0 saturated carbocycles. The van der Waals surface area contributed by atoms with Gasteiger partial charge in [-0.3, -0.25) is 9.59 Å². The fourth-order valence-electron chi connectivity index (χ4n) is 1.34. The molecule has 3 N–H and O–H groups in total. The molecular formula is C12H13BrN2O4. The first-order valence-corrected chi connectivity index (χ1v) is 6.26. The van der Waals surface area contributed by atoms with Crippen molar-refractivity contribution < 1.29 is 19.5 Å². The van der Waals surface area contributed by atoms with Crippen molar-refractivity contribution in [3.8, 4) is 0 Å². The molecule has 1 aromatic rings. The van der Waals surface area contributed by atoms with Gasteiger partial charge in [-0.15, -0.1) is 0 Å². The molecule has 2 amide bonds. The van der Waals surface area contributed by atoms with Crippen molar-refractivity contribution >= 4 is 39.4 Å². The molecule has 0 aliphatic rings. The van der Waals surface area contributed by atoms with Crippen LogP contribution in [-0.4, -0.2) is 29.4 Å². The Morgan fingerprint density at radius 2 is 2.00 bits per heavy atom. The molecule has 102 valence electrons. The summed E-state index contributed by atoms with van der Waals surface area (Å²) in [6, 6.07) is 4.50. The van der Waals surface area contributed by atoms with Gasteiger partial charge in [-0.2, -0.15) is 0 Å². The number of carboxylic acid groups (broad SMARTS) is 1. The Hall–Kier alpha value is -1.89. The summed E-state index contributed by atoms with van der Waals surface area (Å²) in [5.74, 6) is -1.58. The number of carboxylic acids is 1. The predicted molar refractivity (Wildman–Crippen MR) is 73.0 cm³/mol. The minimum atomic E-state index is -1.08. The SMILES string of the molecule is CC(=O)NCCC(=O)Nc1ccc(Br)c(C(=O)O)c1. The predicted octanol–water partition coefficient (Wildman–Crippen LogP) is 1.61. The zero-order chi connectivity index (χ0) is 14.4. The summed E-state index contributed by atoms with van der Waals surface area (Å²) in [7, 11) is 0. The lowest BCUT2D eigenvalue weighted by Gasteiger charge is -2.07. The van der Waals surface area contributed by atoms with Gasteiger partial charge in [0.25, 0.3) is 0 Å². The van der Waals surface area contributed by atoms with Gasteiger partial charge in [-0.25, -0.2) is 4.79 Å². The number of rotatable bonds is 5. The van der Waals surface area contributed by atoms with Crippen molar-refractivity contribution in [2.75, 3.05) is 11.9 Å². The van der Waals surface area contributed by atoms with Crippen LogP contribution in [0.1, 0.15) is 23.7 Å². The molecule has 0 atom stereocenters. The first-order valence-electron chi connectivity index (χ1n) is 5.47. The highest BCUT2D eigenvalue weighted by Crippen LogP contribution is 2.21. The van der Waals surface area contributed by atoms with Gasteiger partial charge in [0.1, 0.15) is 0 Å². The first-order chi connectivity index (χ1) is 8.90. The first kappa shape index (κ1) is 15.2. The Morgan fingerprint density at radius 1 is 1.32 bits per heavy atom. The van der Waals surface area contributed by atoms with Gasteiger partial charge in [0.2, 0.25) is 11.8 Å². The van der Waals surface area contributed by atoms with Crippen LogP contribution in [0.2, 0.25) is 0 Å². The normalized spacial score (nSPS) is 9.79. The molecule has 0 heterocycles. The molecule has 0 bridgehead atoms. The van der Waals surface area contributed by atoms with Crippen LogP contribution in [0, 0.1) is 0 Å². The molecule has 0 saturated heterocycles. The number of carbonyl (C=O) groups excluding carboxylic acids is 2. The van der Waals surface area contributed by atoms with Crippen LogP contribution in [0.3, 0.4) is 0 Å². The summed E-state index contributed by atoms with van der Waals surface area (Å²) in [4.78, 5) is 33.1. The molecule has 19 heavy (non-hydrogen) atoms. The van der Waals surface area contributed by atoms with Crippen molar-refractivity contribution in [1.82, 2.24) is 5.32 Å². The van der Waals surface area contributed by atoms with Crippen LogP contribution in [0.25, 0.3) is 0 Å². The average Bonchev–Trinajstić information content (AvgIpc) is 2.30. The monoisotopic (exact) mass is 328 g/mol. The molecule has 0 radical (unpaired) electrons. The summed E-state index contributed by atoms with van der Waals surface area (Å²) in [6.45, 7) is 1.61. The van der Waals surface area contributed by atoms with E-state index in [0.29, 0.717) is 10.2 Å². The van der Waals surface area contributed by atoms with E-state index in [1.807, 2.05) is 0 Å². The Kier molecular flexibility index (Phi) is 5.50. The second-order valence-corrected chi connectivity index (χ2v) is 4.64. The fourth-order valence-corrected chi connectivity index (χ4v) is 1.76. The maximum Gasteiger partial charge on any atom is 0.336 e. The van der Waals surface area contributed by atoms with Crippen LogP contribution >= 0.6 is 15.9 Å². The number of aromatic carboxylic acids is 1. The van der Waals surface area contributed by atoms with E-state index in [2.05, 4.69) is 26.6 Å². The van der Waals surface area contributed by atoms with Crippen LogP contribution in [0.15, 0.2) is 22.7 Å². The van der Waals surface area contributed by atoms with Crippen molar-refractivity contribution in [1.29, 1.82) is 0 Å². The second kappa shape index (κ2) is 6.89. The third kappa shape index (κ3) is 5.09. The molecule has 0 unspecified atom stereocenters. The summed E-state index contributed by atoms with van der Waals surface area (Å²) in [5.41, 5.74) is 0.466. The van der Waals surface area contributed by atoms with Gasteiger partial charge < -0.3 is 15.7 Å². The maximum absolute atomic E-state index is 11.5. The van der Waals surface area contributed by atoms with E-state index in [0.717, 1.165) is 0 Å². The topological polar surface area (TPSA) is 95.5 Å². The number of nitrogens with one attached hydrogen (secondary N) is 2. The number of hydrogen-bond acceptors (Lipinski definition) is 3. The van der Waals surface area contributed by atoms with E-state index >= 15 is 0 Å². The Morgan fingerprint density at radius 3 is 2.58 bits per heavy atom. The molecule has 1 rings (SSSR count). The molecule has 0 aromatic heterocycles. The number of anilines is 1. The highest BCUT2D eigenvalue weighted by atomic mass is 79.9. The summed E-state index contributed by atoms with van der Waals surface area (Å²) < 4.78 is 0.441. The van der Waals surface area contributed by atoms with E-state index in [1.54, 1.807) is 12.1 Å². The molecular weight excluding hydrogens is 316 g/mol. The standard InChI is InChI=1S/C12H13BrN2O4/c1-7(16)14-5-4-11(17)15-8-2-3-10(13)9(6-8)12(18)19/h2-3,6H,4-5H2,1H3,(H,14,16)(H,15,17)(H,18,19). The smallest absolute Gasteiger partial charge is 0.336 e. The second-order valence-electron chi connectivity index (χ2n) is 3.78. The highest BCUT2D eigenvalue weighted by Gasteiger charge is 2.10. The fraction of sp³-hybridized carbons (Fsp3) is 0.250. The minimum absolute atomic E-state index is 0.0691. The van der Waals surface area contributed by atoms with Crippen molar-refractivity contribution in [3.63, 3.8) is 0 Å². The van der Waals surface area contributed by atoms with E-state index < -0.39 is 5.97 Å². The Labute approximate surface area is 118 Å². The zero-order valence-electron chi connectivity index (χ0n) is 10.2. The third-order valence-electron chi connectivity index (χ3n) is 2.21. The van der Waals surface area contributed by atoms with E-state index in [9.17, 15) is 14.4 Å². The largest absolute Gasteiger partial charge is 0.478 e. The van der Waals surface area contributed by atoms with Gasteiger partial charge in [0.05, 0.1) is 5.56 Å². The van der Waals surface area contributed by atoms with Crippen molar-refractivity contribution in [3.05, 3.63) is 28.2 Å². The lowest BCUT2D eigenvalue weighted by molar-refractivity contribution is -0.119. The minimum Gasteiger partial charge on any atom is -0.478 e. The maximum atomic E-state index is 11.5. The molecule has 0 aliphatic carbocycles. The van der Waals surface area contributed by atoms with E-state index in [1.165, 1.54) is 13.0 Å². The third-order valence-corrected chi connectivity index (χ3v) is 2.90. The summed E-state index contributed by atoms with van der Waals surface area (Å²) in [6.07, 6.45) is 0.123. The lowest BCUT2D eigenvalue weighted by Crippen LogP contribution is -2.25. The Balaban J connectivity index is 2.62. The van der Waals surface area contributed by atoms with Crippen LogP contribution in [0.4, 0.5) is 5.69 Å². The number of amides is 2. The number of halogens is 1. The number of hydrogen-bond donors (Lipinski definition) is 3. The molecule has 0 aliphatic heterocycles. The number of carbonyl (C=O) groups is 3. The van der Waals surface area contributed by atoms with E-state index in [4.69, 9.17) is 5.11 Å². The van der Waals surface area contributed by atoms with Crippen molar-refractivity contribution in [2.24, 2.45) is 0 Å². The average molecular weight is 329 g/mol.